The Balaban J connectivity index is 1.81. The summed E-state index contributed by atoms with van der Waals surface area (Å²) >= 11 is 6.67. The first-order valence-electron chi connectivity index (χ1n) is 6.88. The van der Waals surface area contributed by atoms with Crippen LogP contribution in [0, 0.1) is 5.92 Å². The molecule has 0 fully saturated rings. The van der Waals surface area contributed by atoms with Crippen LogP contribution in [0.4, 0.5) is 0 Å². The van der Waals surface area contributed by atoms with Crippen LogP contribution in [0.2, 0.25) is 0 Å². The molecule has 1 aliphatic carbocycles. The number of benzene rings is 1. The third-order valence-corrected chi connectivity index (χ3v) is 4.58. The fourth-order valence-electron chi connectivity index (χ4n) is 2.92. The maximum Gasteiger partial charge on any atom is 0.138 e. The highest BCUT2D eigenvalue weighted by Crippen LogP contribution is 2.40. The Bertz CT molecular complexity index is 564. The molecule has 3 nitrogen and oxygen atoms in total. The minimum Gasteiger partial charge on any atom is -0.250 e. The van der Waals surface area contributed by atoms with Crippen molar-refractivity contribution in [3.8, 4) is 0 Å². The fraction of sp³-hybridized carbons (Fsp3) is 0.467. The molecule has 2 unspecified atom stereocenters. The summed E-state index contributed by atoms with van der Waals surface area (Å²) in [6, 6.07) is 8.51. The number of halogens is 1. The molecule has 1 heterocycles. The first-order valence-corrected chi connectivity index (χ1v) is 7.31. The third kappa shape index (κ3) is 2.39. The van der Waals surface area contributed by atoms with Crippen LogP contribution in [0.5, 0.6) is 0 Å². The predicted molar refractivity (Wildman–Crippen MR) is 76.2 cm³/mol. The largest absolute Gasteiger partial charge is 0.250 e. The van der Waals surface area contributed by atoms with Crippen LogP contribution in [0.3, 0.4) is 0 Å². The van der Waals surface area contributed by atoms with Crippen LogP contribution in [0.25, 0.3) is 0 Å². The van der Waals surface area contributed by atoms with E-state index >= 15 is 0 Å². The lowest BCUT2D eigenvalue weighted by atomic mass is 9.81. The van der Waals surface area contributed by atoms with Gasteiger partial charge in [0.15, 0.2) is 0 Å². The van der Waals surface area contributed by atoms with Gasteiger partial charge in [-0.2, -0.15) is 5.10 Å². The molecule has 4 heteroatoms. The molecule has 1 aliphatic rings. The summed E-state index contributed by atoms with van der Waals surface area (Å²) in [5.74, 6) is 1.50. The van der Waals surface area contributed by atoms with Gasteiger partial charge in [-0.1, -0.05) is 24.3 Å². The van der Waals surface area contributed by atoms with E-state index in [1.165, 1.54) is 11.1 Å². The minimum absolute atomic E-state index is 0.0898. The summed E-state index contributed by atoms with van der Waals surface area (Å²) < 4.78 is 1.96. The molecule has 3 rings (SSSR count). The standard InChI is InChI=1S/C15H18ClN3/c1-2-19-14(17-10-18-19)9-12-8-7-11-5-3-4-6-13(11)15(12)16/h3-6,10,12,15H,2,7-9H2,1H3. The molecule has 0 bridgehead atoms. The maximum absolute atomic E-state index is 6.67. The van der Waals surface area contributed by atoms with Crippen molar-refractivity contribution in [2.75, 3.05) is 0 Å². The summed E-state index contributed by atoms with van der Waals surface area (Å²) in [7, 11) is 0. The second kappa shape index (κ2) is 5.33. The molecule has 0 N–H and O–H groups in total. The molecule has 1 aromatic heterocycles. The number of hydrogen-bond donors (Lipinski definition) is 0. The van der Waals surface area contributed by atoms with Crippen molar-refractivity contribution in [3.63, 3.8) is 0 Å². The average Bonchev–Trinajstić information content (AvgIpc) is 2.89. The first-order chi connectivity index (χ1) is 9.29. The van der Waals surface area contributed by atoms with Crippen LogP contribution in [0.15, 0.2) is 30.6 Å². The molecule has 0 amide bonds. The number of hydrogen-bond acceptors (Lipinski definition) is 2. The molecule has 0 aliphatic heterocycles. The van der Waals surface area contributed by atoms with E-state index in [2.05, 4.69) is 41.3 Å². The number of aromatic nitrogens is 3. The normalized spacial score (nSPS) is 22.2. The Morgan fingerprint density at radius 3 is 3.05 bits per heavy atom. The summed E-state index contributed by atoms with van der Waals surface area (Å²) in [5.41, 5.74) is 2.69. The Kier molecular flexibility index (Phi) is 3.56. The Labute approximate surface area is 118 Å². The molecule has 2 atom stereocenters. The van der Waals surface area contributed by atoms with E-state index in [0.29, 0.717) is 5.92 Å². The van der Waals surface area contributed by atoms with Gasteiger partial charge in [-0.15, -0.1) is 11.6 Å². The average molecular weight is 276 g/mol. The number of aryl methyl sites for hydroxylation is 2. The summed E-state index contributed by atoms with van der Waals surface area (Å²) in [6.45, 7) is 2.96. The van der Waals surface area contributed by atoms with Gasteiger partial charge in [0.2, 0.25) is 0 Å². The monoisotopic (exact) mass is 275 g/mol. The fourth-order valence-corrected chi connectivity index (χ4v) is 3.35. The van der Waals surface area contributed by atoms with Crippen molar-refractivity contribution >= 4 is 11.6 Å². The van der Waals surface area contributed by atoms with Crippen LogP contribution >= 0.6 is 11.6 Å². The van der Waals surface area contributed by atoms with Gasteiger partial charge in [0, 0.05) is 13.0 Å². The van der Waals surface area contributed by atoms with Crippen molar-refractivity contribution < 1.29 is 0 Å². The topological polar surface area (TPSA) is 30.7 Å². The quantitative estimate of drug-likeness (QED) is 0.804. The lowest BCUT2D eigenvalue weighted by molar-refractivity contribution is 0.421. The van der Waals surface area contributed by atoms with E-state index in [4.69, 9.17) is 11.6 Å². The van der Waals surface area contributed by atoms with Crippen LogP contribution in [-0.2, 0) is 19.4 Å². The van der Waals surface area contributed by atoms with Crippen molar-refractivity contribution in [2.45, 2.75) is 38.1 Å². The molecular weight excluding hydrogens is 258 g/mol. The summed E-state index contributed by atoms with van der Waals surface area (Å²) in [4.78, 5) is 4.36. The van der Waals surface area contributed by atoms with Crippen molar-refractivity contribution in [2.24, 2.45) is 5.92 Å². The molecule has 100 valence electrons. The number of fused-ring (bicyclic) bond motifs is 1. The van der Waals surface area contributed by atoms with E-state index in [-0.39, 0.29) is 5.38 Å². The summed E-state index contributed by atoms with van der Waals surface area (Å²) in [5, 5.41) is 4.32. The second-order valence-corrected chi connectivity index (χ2v) is 5.57. The van der Waals surface area contributed by atoms with Gasteiger partial charge in [-0.3, -0.25) is 4.68 Å². The number of rotatable bonds is 3. The first kappa shape index (κ1) is 12.7. The third-order valence-electron chi connectivity index (χ3n) is 3.99. The molecule has 0 saturated carbocycles. The zero-order chi connectivity index (χ0) is 13.2. The molecule has 1 aromatic carbocycles. The van der Waals surface area contributed by atoms with Gasteiger partial charge in [-0.05, 0) is 36.8 Å². The zero-order valence-electron chi connectivity index (χ0n) is 11.1. The Hall–Kier alpha value is -1.35. The molecule has 0 spiro atoms. The Morgan fingerprint density at radius 2 is 2.21 bits per heavy atom. The summed E-state index contributed by atoms with van der Waals surface area (Å²) in [6.07, 6.45) is 4.79. The lowest BCUT2D eigenvalue weighted by Crippen LogP contribution is -2.21. The van der Waals surface area contributed by atoms with Gasteiger partial charge in [0.1, 0.15) is 12.2 Å². The van der Waals surface area contributed by atoms with Gasteiger partial charge in [0.05, 0.1) is 5.38 Å². The van der Waals surface area contributed by atoms with Gasteiger partial charge in [0.25, 0.3) is 0 Å². The molecule has 0 radical (unpaired) electrons. The van der Waals surface area contributed by atoms with E-state index in [0.717, 1.165) is 31.6 Å². The highest BCUT2D eigenvalue weighted by molar-refractivity contribution is 6.21. The highest BCUT2D eigenvalue weighted by Gasteiger charge is 2.28. The van der Waals surface area contributed by atoms with Crippen molar-refractivity contribution in [1.82, 2.24) is 14.8 Å². The van der Waals surface area contributed by atoms with Crippen LogP contribution < -0.4 is 0 Å². The van der Waals surface area contributed by atoms with Gasteiger partial charge in [-0.25, -0.2) is 4.98 Å². The van der Waals surface area contributed by atoms with E-state index in [1.54, 1.807) is 6.33 Å². The van der Waals surface area contributed by atoms with Gasteiger partial charge < -0.3 is 0 Å². The van der Waals surface area contributed by atoms with Crippen LogP contribution in [0.1, 0.15) is 35.7 Å². The van der Waals surface area contributed by atoms with Crippen molar-refractivity contribution in [3.05, 3.63) is 47.5 Å². The smallest absolute Gasteiger partial charge is 0.138 e. The predicted octanol–water partition coefficient (Wildman–Crippen LogP) is 3.38. The molecule has 0 saturated heterocycles. The SMILES string of the molecule is CCn1ncnc1CC1CCc2ccccc2C1Cl. The molecule has 19 heavy (non-hydrogen) atoms. The number of nitrogens with zero attached hydrogens (tertiary/aromatic N) is 3. The second-order valence-electron chi connectivity index (χ2n) is 5.10. The molecular formula is C15H18ClN3. The van der Waals surface area contributed by atoms with Gasteiger partial charge >= 0.3 is 0 Å². The number of alkyl halides is 1. The molecule has 2 aromatic rings. The van der Waals surface area contributed by atoms with Crippen LogP contribution in [-0.4, -0.2) is 14.8 Å². The zero-order valence-corrected chi connectivity index (χ0v) is 11.8. The van der Waals surface area contributed by atoms with E-state index in [1.807, 2.05) is 4.68 Å². The highest BCUT2D eigenvalue weighted by atomic mass is 35.5. The maximum atomic E-state index is 6.67. The Morgan fingerprint density at radius 1 is 1.37 bits per heavy atom. The minimum atomic E-state index is 0.0898. The lowest BCUT2D eigenvalue weighted by Gasteiger charge is -2.29. The van der Waals surface area contributed by atoms with E-state index in [9.17, 15) is 0 Å². The van der Waals surface area contributed by atoms with E-state index < -0.39 is 0 Å². The van der Waals surface area contributed by atoms with Crippen molar-refractivity contribution in [1.29, 1.82) is 0 Å².